The molecule has 0 aliphatic carbocycles. The molecular formula is C13H30N2O. The Hall–Kier alpha value is -0.120. The minimum Gasteiger partial charge on any atom is -0.380 e. The lowest BCUT2D eigenvalue weighted by molar-refractivity contribution is 0.123. The molecular weight excluding hydrogens is 200 g/mol. The summed E-state index contributed by atoms with van der Waals surface area (Å²) in [6.07, 6.45) is 1.24. The van der Waals surface area contributed by atoms with Crippen molar-refractivity contribution in [3.05, 3.63) is 0 Å². The Kier molecular flexibility index (Phi) is 8.90. The van der Waals surface area contributed by atoms with Gasteiger partial charge in [0.2, 0.25) is 0 Å². The molecule has 2 unspecified atom stereocenters. The zero-order chi connectivity index (χ0) is 12.6. The number of hydrogen-bond acceptors (Lipinski definition) is 3. The highest BCUT2D eigenvalue weighted by atomic mass is 16.5. The lowest BCUT2D eigenvalue weighted by atomic mass is 10.0. The Bertz CT molecular complexity index is 160. The van der Waals surface area contributed by atoms with Crippen molar-refractivity contribution in [1.29, 1.82) is 0 Å². The first-order valence-corrected chi connectivity index (χ1v) is 6.44. The summed E-state index contributed by atoms with van der Waals surface area (Å²) < 4.78 is 5.39. The Balaban J connectivity index is 3.82. The predicted molar refractivity (Wildman–Crippen MR) is 70.9 cm³/mol. The van der Waals surface area contributed by atoms with Crippen molar-refractivity contribution >= 4 is 0 Å². The first-order valence-electron chi connectivity index (χ1n) is 6.44. The molecule has 3 heteroatoms. The van der Waals surface area contributed by atoms with Crippen LogP contribution in [0, 0.1) is 5.92 Å². The van der Waals surface area contributed by atoms with Crippen LogP contribution in [0.3, 0.4) is 0 Å². The van der Waals surface area contributed by atoms with Gasteiger partial charge >= 0.3 is 0 Å². The number of ether oxygens (including phenoxy) is 1. The third-order valence-electron chi connectivity index (χ3n) is 2.75. The maximum Gasteiger partial charge on any atom is 0.0616 e. The molecule has 0 saturated carbocycles. The van der Waals surface area contributed by atoms with E-state index in [1.54, 1.807) is 0 Å². The molecule has 0 rings (SSSR count). The molecule has 2 atom stereocenters. The van der Waals surface area contributed by atoms with Crippen molar-refractivity contribution in [3.63, 3.8) is 0 Å². The second-order valence-corrected chi connectivity index (χ2v) is 5.22. The van der Waals surface area contributed by atoms with Gasteiger partial charge in [-0.2, -0.15) is 0 Å². The molecule has 0 bridgehead atoms. The fraction of sp³-hybridized carbons (Fsp3) is 1.00. The Morgan fingerprint density at radius 2 is 1.81 bits per heavy atom. The smallest absolute Gasteiger partial charge is 0.0616 e. The Morgan fingerprint density at radius 3 is 2.25 bits per heavy atom. The minimum absolute atomic E-state index is 0.439. The third-order valence-corrected chi connectivity index (χ3v) is 2.75. The van der Waals surface area contributed by atoms with Crippen molar-refractivity contribution in [3.8, 4) is 0 Å². The van der Waals surface area contributed by atoms with Gasteiger partial charge in [0.25, 0.3) is 0 Å². The van der Waals surface area contributed by atoms with Crippen LogP contribution in [-0.2, 0) is 4.74 Å². The van der Waals surface area contributed by atoms with Crippen LogP contribution < -0.4 is 5.32 Å². The summed E-state index contributed by atoms with van der Waals surface area (Å²) >= 11 is 0. The van der Waals surface area contributed by atoms with Gasteiger partial charge < -0.3 is 15.0 Å². The number of nitrogens with one attached hydrogen (secondary N) is 1. The number of rotatable bonds is 9. The maximum atomic E-state index is 5.39. The van der Waals surface area contributed by atoms with Crippen molar-refractivity contribution in [2.75, 3.05) is 33.9 Å². The molecule has 0 aliphatic rings. The molecule has 0 radical (unpaired) electrons. The van der Waals surface area contributed by atoms with Crippen LogP contribution in [0.5, 0.6) is 0 Å². The van der Waals surface area contributed by atoms with E-state index >= 15 is 0 Å². The van der Waals surface area contributed by atoms with Gasteiger partial charge in [0.1, 0.15) is 0 Å². The number of hydrogen-bond donors (Lipinski definition) is 1. The highest BCUT2D eigenvalue weighted by molar-refractivity contribution is 4.73. The largest absolute Gasteiger partial charge is 0.380 e. The van der Waals surface area contributed by atoms with E-state index in [4.69, 9.17) is 4.74 Å². The zero-order valence-electron chi connectivity index (χ0n) is 11.9. The van der Waals surface area contributed by atoms with Crippen LogP contribution in [0.4, 0.5) is 0 Å². The van der Waals surface area contributed by atoms with Gasteiger partial charge in [-0.15, -0.1) is 0 Å². The van der Waals surface area contributed by atoms with Crippen LogP contribution in [0.2, 0.25) is 0 Å². The van der Waals surface area contributed by atoms with E-state index in [9.17, 15) is 0 Å². The molecule has 0 amide bonds. The molecule has 3 nitrogen and oxygen atoms in total. The second kappa shape index (κ2) is 8.97. The summed E-state index contributed by atoms with van der Waals surface area (Å²) in [6.45, 7) is 11.4. The van der Waals surface area contributed by atoms with Gasteiger partial charge in [0.05, 0.1) is 6.61 Å². The van der Waals surface area contributed by atoms with Crippen molar-refractivity contribution in [2.45, 2.75) is 46.2 Å². The van der Waals surface area contributed by atoms with Crippen molar-refractivity contribution in [1.82, 2.24) is 10.2 Å². The second-order valence-electron chi connectivity index (χ2n) is 5.22. The van der Waals surface area contributed by atoms with E-state index in [2.05, 4.69) is 45.1 Å². The molecule has 0 aromatic carbocycles. The highest BCUT2D eigenvalue weighted by Crippen LogP contribution is 2.08. The van der Waals surface area contributed by atoms with Gasteiger partial charge in [-0.25, -0.2) is 0 Å². The topological polar surface area (TPSA) is 24.5 Å². The summed E-state index contributed by atoms with van der Waals surface area (Å²) in [4.78, 5) is 2.31. The SMILES string of the molecule is CCOCC(C)NCC(CC(C)C)N(C)C. The maximum absolute atomic E-state index is 5.39. The summed E-state index contributed by atoms with van der Waals surface area (Å²) in [5, 5.41) is 3.54. The van der Waals surface area contributed by atoms with E-state index in [-0.39, 0.29) is 0 Å². The van der Waals surface area contributed by atoms with Crippen LogP contribution in [-0.4, -0.2) is 50.8 Å². The predicted octanol–water partition coefficient (Wildman–Crippen LogP) is 1.98. The van der Waals surface area contributed by atoms with Crippen LogP contribution >= 0.6 is 0 Å². The van der Waals surface area contributed by atoms with Crippen LogP contribution in [0.15, 0.2) is 0 Å². The standard InChI is InChI=1S/C13H30N2O/c1-7-16-10-12(4)14-9-13(15(5)6)8-11(2)3/h11-14H,7-10H2,1-6H3. The van der Waals surface area contributed by atoms with Gasteiger partial charge in [-0.05, 0) is 40.3 Å². The summed E-state index contributed by atoms with van der Waals surface area (Å²) in [6, 6.07) is 1.05. The van der Waals surface area contributed by atoms with Gasteiger partial charge in [-0.1, -0.05) is 13.8 Å². The monoisotopic (exact) mass is 230 g/mol. The summed E-state index contributed by atoms with van der Waals surface area (Å²) in [5.74, 6) is 0.747. The zero-order valence-corrected chi connectivity index (χ0v) is 11.9. The molecule has 16 heavy (non-hydrogen) atoms. The minimum atomic E-state index is 0.439. The van der Waals surface area contributed by atoms with Crippen LogP contribution in [0.25, 0.3) is 0 Å². The lowest BCUT2D eigenvalue weighted by Crippen LogP contribution is -2.43. The van der Waals surface area contributed by atoms with E-state index < -0.39 is 0 Å². The first-order chi connectivity index (χ1) is 7.47. The van der Waals surface area contributed by atoms with Crippen molar-refractivity contribution < 1.29 is 4.74 Å². The molecule has 1 N–H and O–H groups in total. The Morgan fingerprint density at radius 1 is 1.19 bits per heavy atom. The lowest BCUT2D eigenvalue weighted by Gasteiger charge is -2.27. The van der Waals surface area contributed by atoms with Crippen LogP contribution in [0.1, 0.15) is 34.1 Å². The fourth-order valence-corrected chi connectivity index (χ4v) is 1.71. The molecule has 98 valence electrons. The summed E-state index contributed by atoms with van der Waals surface area (Å²) in [7, 11) is 4.31. The van der Waals surface area contributed by atoms with Gasteiger partial charge in [-0.3, -0.25) is 0 Å². The third kappa shape index (κ3) is 8.08. The number of nitrogens with zero attached hydrogens (tertiary/aromatic N) is 1. The van der Waals surface area contributed by atoms with Crippen molar-refractivity contribution in [2.24, 2.45) is 5.92 Å². The molecule has 0 spiro atoms. The molecule has 0 aromatic rings. The molecule has 0 fully saturated rings. The molecule has 0 aromatic heterocycles. The Labute approximate surface area is 102 Å². The molecule has 0 saturated heterocycles. The van der Waals surface area contributed by atoms with E-state index in [0.717, 1.165) is 25.7 Å². The van der Waals surface area contributed by atoms with E-state index in [1.807, 2.05) is 6.92 Å². The van der Waals surface area contributed by atoms with Gasteiger partial charge in [0, 0.05) is 25.2 Å². The number of likely N-dealkylation sites (N-methyl/N-ethyl adjacent to an activating group) is 1. The van der Waals surface area contributed by atoms with E-state index in [1.165, 1.54) is 6.42 Å². The highest BCUT2D eigenvalue weighted by Gasteiger charge is 2.14. The average molecular weight is 230 g/mol. The first kappa shape index (κ1) is 15.9. The normalized spacial score (nSPS) is 15.8. The van der Waals surface area contributed by atoms with E-state index in [0.29, 0.717) is 12.1 Å². The van der Waals surface area contributed by atoms with Gasteiger partial charge in [0.15, 0.2) is 0 Å². The molecule has 0 heterocycles. The fourth-order valence-electron chi connectivity index (χ4n) is 1.71. The summed E-state index contributed by atoms with van der Waals surface area (Å²) in [5.41, 5.74) is 0. The quantitative estimate of drug-likeness (QED) is 0.655. The molecule has 0 aliphatic heterocycles. The average Bonchev–Trinajstić information content (AvgIpc) is 2.20.